The van der Waals surface area contributed by atoms with Crippen molar-refractivity contribution in [3.63, 3.8) is 0 Å². The van der Waals surface area contributed by atoms with Crippen molar-refractivity contribution in [1.29, 1.82) is 0 Å². The Balaban J connectivity index is 3.28. The van der Waals surface area contributed by atoms with Crippen LogP contribution in [0.5, 0.6) is 0 Å². The number of allylic oxidation sites excluding steroid dienone is 1. The van der Waals surface area contributed by atoms with Gasteiger partial charge in [0.15, 0.2) is 9.84 Å². The Morgan fingerprint density at radius 3 is 2.47 bits per heavy atom. The Labute approximate surface area is 111 Å². The number of rotatable bonds is 5. The van der Waals surface area contributed by atoms with E-state index in [0.717, 1.165) is 12.1 Å². The van der Waals surface area contributed by atoms with Crippen LogP contribution >= 0.6 is 0 Å². The van der Waals surface area contributed by atoms with E-state index < -0.39 is 27.2 Å². The monoisotopic (exact) mass is 286 g/mol. The van der Waals surface area contributed by atoms with Gasteiger partial charge in [-0.05, 0) is 38.0 Å². The van der Waals surface area contributed by atoms with E-state index in [4.69, 9.17) is 5.11 Å². The molecule has 6 heteroatoms. The topological polar surface area (TPSA) is 71.4 Å². The number of hydrogen-bond donors (Lipinski definition) is 1. The third kappa shape index (κ3) is 3.64. The molecule has 0 aliphatic rings. The first-order chi connectivity index (χ1) is 8.65. The van der Waals surface area contributed by atoms with Crippen LogP contribution in [0.3, 0.4) is 0 Å². The first-order valence-electron chi connectivity index (χ1n) is 5.55. The van der Waals surface area contributed by atoms with Gasteiger partial charge in [-0.25, -0.2) is 17.6 Å². The Morgan fingerprint density at radius 1 is 1.42 bits per heavy atom. The molecule has 0 unspecified atom stereocenters. The van der Waals surface area contributed by atoms with Crippen molar-refractivity contribution >= 4 is 15.8 Å². The summed E-state index contributed by atoms with van der Waals surface area (Å²) in [7, 11) is -3.64. The van der Waals surface area contributed by atoms with Gasteiger partial charge in [-0.15, -0.1) is 6.58 Å². The van der Waals surface area contributed by atoms with Crippen LogP contribution in [-0.4, -0.2) is 25.2 Å². The van der Waals surface area contributed by atoms with Gasteiger partial charge in [0, 0.05) is 0 Å². The fourth-order valence-electron chi connectivity index (χ4n) is 1.50. The van der Waals surface area contributed by atoms with Crippen LogP contribution in [0.2, 0.25) is 0 Å². The summed E-state index contributed by atoms with van der Waals surface area (Å²) in [5, 5.41) is 8.85. The van der Waals surface area contributed by atoms with E-state index in [1.54, 1.807) is 6.92 Å². The summed E-state index contributed by atoms with van der Waals surface area (Å²) in [5.41, 5.74) is 0.0727. The predicted molar refractivity (Wildman–Crippen MR) is 69.6 cm³/mol. The van der Waals surface area contributed by atoms with E-state index in [1.165, 1.54) is 6.92 Å². The van der Waals surface area contributed by atoms with Gasteiger partial charge in [0.1, 0.15) is 5.82 Å². The summed E-state index contributed by atoms with van der Waals surface area (Å²) in [4.78, 5) is 10.7. The second kappa shape index (κ2) is 5.52. The van der Waals surface area contributed by atoms with Crippen molar-refractivity contribution < 1.29 is 22.7 Å². The fourth-order valence-corrected chi connectivity index (χ4v) is 3.00. The maximum atomic E-state index is 13.5. The highest BCUT2D eigenvalue weighted by molar-refractivity contribution is 7.91. The number of halogens is 1. The molecule has 0 fully saturated rings. The van der Waals surface area contributed by atoms with E-state index in [0.29, 0.717) is 5.57 Å². The number of carboxylic acids is 1. The molecule has 0 radical (unpaired) electrons. The van der Waals surface area contributed by atoms with Crippen LogP contribution in [0.15, 0.2) is 29.2 Å². The molecule has 0 saturated heterocycles. The Bertz CT molecular complexity index is 632. The van der Waals surface area contributed by atoms with Gasteiger partial charge in [0.2, 0.25) is 0 Å². The maximum absolute atomic E-state index is 13.5. The third-order valence-electron chi connectivity index (χ3n) is 2.62. The zero-order valence-corrected chi connectivity index (χ0v) is 11.6. The Kier molecular flexibility index (Phi) is 4.47. The molecule has 0 saturated carbocycles. The molecule has 0 heterocycles. The fraction of sp³-hybridized carbons (Fsp3) is 0.308. The normalized spacial score (nSPS) is 11.3. The highest BCUT2D eigenvalue weighted by Crippen LogP contribution is 2.21. The minimum Gasteiger partial charge on any atom is -0.478 e. The number of sulfone groups is 1. The van der Waals surface area contributed by atoms with Crippen molar-refractivity contribution in [1.82, 2.24) is 0 Å². The largest absolute Gasteiger partial charge is 0.478 e. The van der Waals surface area contributed by atoms with Crippen molar-refractivity contribution in [3.05, 3.63) is 41.2 Å². The predicted octanol–water partition coefficient (Wildman–Crippen LogP) is 2.57. The van der Waals surface area contributed by atoms with Gasteiger partial charge in [0.25, 0.3) is 0 Å². The smallest absolute Gasteiger partial charge is 0.338 e. The molecule has 0 bridgehead atoms. The number of aromatic carboxylic acids is 1. The average Bonchev–Trinajstić information content (AvgIpc) is 2.29. The summed E-state index contributed by atoms with van der Waals surface area (Å²) in [6, 6.07) is 2.01. The molecular formula is C13H15FO4S. The summed E-state index contributed by atoms with van der Waals surface area (Å²) in [6.45, 7) is 6.65. The van der Waals surface area contributed by atoms with Crippen LogP contribution in [0.25, 0.3) is 0 Å². The summed E-state index contributed by atoms with van der Waals surface area (Å²) in [5.74, 6) is -2.57. The van der Waals surface area contributed by atoms with Crippen molar-refractivity contribution in [3.8, 4) is 0 Å². The SMILES string of the molecule is C=C(C)CCS(=O)(=O)c1cc(C)c(F)c(C(=O)O)c1. The molecule has 4 nitrogen and oxygen atoms in total. The molecule has 0 amide bonds. The quantitative estimate of drug-likeness (QED) is 0.667. The number of benzene rings is 1. The number of carbonyl (C=O) groups is 1. The standard InChI is InChI=1S/C13H15FO4S/c1-8(2)4-5-19(17,18)10-6-9(3)12(14)11(7-10)13(15)16/h6-7H,1,4-5H2,2-3H3,(H,15,16). The summed E-state index contributed by atoms with van der Waals surface area (Å²) < 4.78 is 37.6. The molecular weight excluding hydrogens is 271 g/mol. The average molecular weight is 286 g/mol. The lowest BCUT2D eigenvalue weighted by Crippen LogP contribution is -2.11. The zero-order chi connectivity index (χ0) is 14.8. The van der Waals surface area contributed by atoms with Crippen molar-refractivity contribution in [2.45, 2.75) is 25.2 Å². The van der Waals surface area contributed by atoms with Gasteiger partial charge >= 0.3 is 5.97 Å². The van der Waals surface area contributed by atoms with Crippen LogP contribution < -0.4 is 0 Å². The molecule has 1 N–H and O–H groups in total. The lowest BCUT2D eigenvalue weighted by Gasteiger charge is -2.08. The second-order valence-corrected chi connectivity index (χ2v) is 6.54. The molecule has 0 atom stereocenters. The van der Waals surface area contributed by atoms with Gasteiger partial charge in [0.05, 0.1) is 16.2 Å². The minimum atomic E-state index is -3.64. The molecule has 0 spiro atoms. The maximum Gasteiger partial charge on any atom is 0.338 e. The van der Waals surface area contributed by atoms with Gasteiger partial charge in [-0.2, -0.15) is 0 Å². The number of carboxylic acid groups (broad SMARTS) is 1. The first kappa shape index (κ1) is 15.4. The molecule has 0 aliphatic heterocycles. The highest BCUT2D eigenvalue weighted by Gasteiger charge is 2.21. The molecule has 0 aliphatic carbocycles. The number of aryl methyl sites for hydroxylation is 1. The van der Waals surface area contributed by atoms with Crippen LogP contribution in [0.4, 0.5) is 4.39 Å². The Hall–Kier alpha value is -1.69. The number of hydrogen-bond acceptors (Lipinski definition) is 3. The van der Waals surface area contributed by atoms with Crippen LogP contribution in [0, 0.1) is 12.7 Å². The lowest BCUT2D eigenvalue weighted by atomic mass is 10.1. The lowest BCUT2D eigenvalue weighted by molar-refractivity contribution is 0.0691. The minimum absolute atomic E-state index is 0.00574. The van der Waals surface area contributed by atoms with Crippen LogP contribution in [-0.2, 0) is 9.84 Å². The van der Waals surface area contributed by atoms with E-state index in [9.17, 15) is 17.6 Å². The molecule has 0 aromatic heterocycles. The second-order valence-electron chi connectivity index (χ2n) is 4.43. The van der Waals surface area contributed by atoms with E-state index in [2.05, 4.69) is 6.58 Å². The summed E-state index contributed by atoms with van der Waals surface area (Å²) in [6.07, 6.45) is 0.279. The van der Waals surface area contributed by atoms with E-state index >= 15 is 0 Å². The van der Waals surface area contributed by atoms with Crippen LogP contribution in [0.1, 0.15) is 29.3 Å². The van der Waals surface area contributed by atoms with Crippen molar-refractivity contribution in [2.75, 3.05) is 5.75 Å². The van der Waals surface area contributed by atoms with Gasteiger partial charge < -0.3 is 5.11 Å². The van der Waals surface area contributed by atoms with E-state index in [-0.39, 0.29) is 22.6 Å². The van der Waals surface area contributed by atoms with Crippen molar-refractivity contribution in [2.24, 2.45) is 0 Å². The third-order valence-corrected chi connectivity index (χ3v) is 4.31. The van der Waals surface area contributed by atoms with Gasteiger partial charge in [-0.3, -0.25) is 0 Å². The van der Waals surface area contributed by atoms with Gasteiger partial charge in [-0.1, -0.05) is 5.57 Å². The summed E-state index contributed by atoms with van der Waals surface area (Å²) >= 11 is 0. The molecule has 1 rings (SSSR count). The molecule has 19 heavy (non-hydrogen) atoms. The molecule has 1 aromatic rings. The zero-order valence-electron chi connectivity index (χ0n) is 10.7. The highest BCUT2D eigenvalue weighted by atomic mass is 32.2. The Morgan fingerprint density at radius 2 is 2.00 bits per heavy atom. The molecule has 1 aromatic carbocycles. The molecule has 104 valence electrons. The first-order valence-corrected chi connectivity index (χ1v) is 7.21. The van der Waals surface area contributed by atoms with E-state index in [1.807, 2.05) is 0 Å².